The average Bonchev–Trinajstić information content (AvgIpc) is 2.87. The van der Waals surface area contributed by atoms with Gasteiger partial charge in [-0.05, 0) is 26.2 Å². The first-order valence-electron chi connectivity index (χ1n) is 6.19. The molecule has 112 valence electrons. The van der Waals surface area contributed by atoms with E-state index in [-0.39, 0.29) is 11.2 Å². The fourth-order valence-corrected chi connectivity index (χ4v) is 2.58. The molecule has 1 aromatic heterocycles. The quantitative estimate of drug-likeness (QED) is 0.859. The van der Waals surface area contributed by atoms with E-state index < -0.39 is 18.2 Å². The number of nitrogens with zero attached hydrogens (tertiary/aromatic N) is 3. The lowest BCUT2D eigenvalue weighted by molar-refractivity contribution is -0.205. The van der Waals surface area contributed by atoms with Crippen molar-refractivity contribution in [2.75, 3.05) is 6.54 Å². The van der Waals surface area contributed by atoms with Crippen molar-refractivity contribution in [1.29, 1.82) is 0 Å². The molecule has 1 aliphatic rings. The van der Waals surface area contributed by atoms with E-state index >= 15 is 0 Å². The zero-order valence-corrected chi connectivity index (χ0v) is 11.6. The summed E-state index contributed by atoms with van der Waals surface area (Å²) < 4.78 is 43.8. The molecule has 2 rings (SSSR count). The van der Waals surface area contributed by atoms with E-state index in [9.17, 15) is 18.0 Å². The van der Waals surface area contributed by atoms with Crippen LogP contribution in [0.5, 0.6) is 5.19 Å². The first kappa shape index (κ1) is 15.0. The van der Waals surface area contributed by atoms with E-state index in [1.165, 1.54) is 10.4 Å². The monoisotopic (exact) mass is 309 g/mol. The van der Waals surface area contributed by atoms with E-state index in [4.69, 9.17) is 4.74 Å². The van der Waals surface area contributed by atoms with Gasteiger partial charge in [-0.3, -0.25) is 4.79 Å². The number of carbonyl (C=O) groups is 1. The largest absolute Gasteiger partial charge is 0.446 e. The summed E-state index contributed by atoms with van der Waals surface area (Å²) in [7, 11) is 0. The molecule has 0 N–H and O–H groups in total. The summed E-state index contributed by atoms with van der Waals surface area (Å²) in [6, 6.07) is -0.209. The third-order valence-electron chi connectivity index (χ3n) is 3.17. The van der Waals surface area contributed by atoms with E-state index in [1.807, 2.05) is 0 Å². The number of amides is 1. The Bertz CT molecular complexity index is 452. The van der Waals surface area contributed by atoms with Gasteiger partial charge >= 0.3 is 6.18 Å². The van der Waals surface area contributed by atoms with Gasteiger partial charge in [0.25, 0.3) is 17.2 Å². The van der Waals surface area contributed by atoms with Crippen LogP contribution in [0, 0.1) is 0 Å². The third-order valence-corrected chi connectivity index (χ3v) is 3.75. The van der Waals surface area contributed by atoms with Crippen molar-refractivity contribution in [3.63, 3.8) is 0 Å². The van der Waals surface area contributed by atoms with Gasteiger partial charge < -0.3 is 9.64 Å². The normalized spacial score (nSPS) is 21.6. The molecule has 0 aromatic carbocycles. The predicted octanol–water partition coefficient (Wildman–Crippen LogP) is 2.25. The lowest BCUT2D eigenvalue weighted by Gasteiger charge is -2.35. The lowest BCUT2D eigenvalue weighted by Crippen LogP contribution is -2.53. The summed E-state index contributed by atoms with van der Waals surface area (Å²) in [6.07, 6.45) is -4.97. The van der Waals surface area contributed by atoms with Crippen molar-refractivity contribution >= 4 is 17.2 Å². The van der Waals surface area contributed by atoms with Gasteiger partial charge in [-0.2, -0.15) is 13.2 Å². The van der Waals surface area contributed by atoms with Crippen LogP contribution in [0.1, 0.15) is 26.2 Å². The van der Waals surface area contributed by atoms with Crippen LogP contribution in [0.15, 0.2) is 5.51 Å². The van der Waals surface area contributed by atoms with E-state index in [2.05, 4.69) is 10.2 Å². The van der Waals surface area contributed by atoms with Crippen molar-refractivity contribution in [2.24, 2.45) is 0 Å². The molecule has 0 saturated carbocycles. The molecule has 2 unspecified atom stereocenters. The highest BCUT2D eigenvalue weighted by molar-refractivity contribution is 7.11. The van der Waals surface area contributed by atoms with E-state index in [0.717, 1.165) is 17.8 Å². The van der Waals surface area contributed by atoms with Crippen molar-refractivity contribution in [3.8, 4) is 5.19 Å². The fraction of sp³-hybridized carbons (Fsp3) is 0.727. The van der Waals surface area contributed by atoms with Gasteiger partial charge in [0.2, 0.25) is 0 Å². The first-order chi connectivity index (χ1) is 9.39. The molecular weight excluding hydrogens is 295 g/mol. The molecule has 1 fully saturated rings. The molecule has 2 atom stereocenters. The maximum Gasteiger partial charge on any atom is 0.434 e. The third kappa shape index (κ3) is 3.38. The Morgan fingerprint density at radius 1 is 1.55 bits per heavy atom. The minimum Gasteiger partial charge on any atom is -0.446 e. The lowest BCUT2D eigenvalue weighted by atomic mass is 10.0. The predicted molar refractivity (Wildman–Crippen MR) is 65.4 cm³/mol. The number of ether oxygens (including phenoxy) is 1. The number of aromatic nitrogens is 2. The molecule has 0 bridgehead atoms. The van der Waals surface area contributed by atoms with Gasteiger partial charge in [0.1, 0.15) is 5.51 Å². The highest BCUT2D eigenvalue weighted by atomic mass is 32.1. The number of piperidine rings is 1. The zero-order valence-electron chi connectivity index (χ0n) is 10.8. The summed E-state index contributed by atoms with van der Waals surface area (Å²) in [5.74, 6) is -1.06. The van der Waals surface area contributed by atoms with Crippen LogP contribution in [0.3, 0.4) is 0 Å². The van der Waals surface area contributed by atoms with Gasteiger partial charge in [-0.15, -0.1) is 10.2 Å². The maximum absolute atomic E-state index is 13.0. The molecule has 0 spiro atoms. The van der Waals surface area contributed by atoms with Crippen LogP contribution in [-0.2, 0) is 4.79 Å². The molecule has 1 saturated heterocycles. The van der Waals surface area contributed by atoms with Crippen LogP contribution in [-0.4, -0.2) is 45.9 Å². The number of rotatable bonds is 3. The summed E-state index contributed by atoms with van der Waals surface area (Å²) in [5.41, 5.74) is 1.25. The van der Waals surface area contributed by atoms with Crippen molar-refractivity contribution in [1.82, 2.24) is 15.1 Å². The van der Waals surface area contributed by atoms with Gasteiger partial charge in [0, 0.05) is 12.6 Å². The Morgan fingerprint density at radius 3 is 2.85 bits per heavy atom. The van der Waals surface area contributed by atoms with Crippen LogP contribution < -0.4 is 4.74 Å². The van der Waals surface area contributed by atoms with E-state index in [0.29, 0.717) is 19.4 Å². The molecule has 0 radical (unpaired) electrons. The highest BCUT2D eigenvalue weighted by Crippen LogP contribution is 2.29. The van der Waals surface area contributed by atoms with Crippen molar-refractivity contribution in [2.45, 2.75) is 44.5 Å². The van der Waals surface area contributed by atoms with Crippen LogP contribution >= 0.6 is 11.3 Å². The molecule has 1 amide bonds. The van der Waals surface area contributed by atoms with Gasteiger partial charge in [0.05, 0.1) is 0 Å². The molecular formula is C11H14F3N3O2S. The standard InChI is InChI=1S/C11H14F3N3O2S/c1-7-4-2-3-5-17(7)9(18)8(11(12,13)14)19-10-16-15-6-20-10/h6-8H,2-5H2,1H3. The summed E-state index contributed by atoms with van der Waals surface area (Å²) >= 11 is 0.817. The molecule has 2 heterocycles. The van der Waals surface area contributed by atoms with E-state index in [1.54, 1.807) is 6.92 Å². The van der Waals surface area contributed by atoms with Crippen LogP contribution in [0.4, 0.5) is 13.2 Å². The second kappa shape index (κ2) is 5.94. The highest BCUT2D eigenvalue weighted by Gasteiger charge is 2.50. The first-order valence-corrected chi connectivity index (χ1v) is 7.07. The molecule has 0 aliphatic carbocycles. The molecule has 1 aliphatic heterocycles. The van der Waals surface area contributed by atoms with Crippen LogP contribution in [0.25, 0.3) is 0 Å². The van der Waals surface area contributed by atoms with Gasteiger partial charge in [-0.25, -0.2) is 0 Å². The number of carbonyl (C=O) groups excluding carboxylic acids is 1. The fourth-order valence-electron chi connectivity index (χ4n) is 2.15. The Labute approximate surface area is 117 Å². The Hall–Kier alpha value is -1.38. The number of halogens is 3. The van der Waals surface area contributed by atoms with Gasteiger partial charge in [0.15, 0.2) is 0 Å². The minimum absolute atomic E-state index is 0.209. The smallest absolute Gasteiger partial charge is 0.434 e. The number of likely N-dealkylation sites (tertiary alicyclic amines) is 1. The minimum atomic E-state index is -4.78. The van der Waals surface area contributed by atoms with Crippen molar-refractivity contribution < 1.29 is 22.7 Å². The van der Waals surface area contributed by atoms with Crippen molar-refractivity contribution in [3.05, 3.63) is 5.51 Å². The average molecular weight is 309 g/mol. The molecule has 5 nitrogen and oxygen atoms in total. The second-order valence-corrected chi connectivity index (χ2v) is 5.42. The summed E-state index contributed by atoms with van der Waals surface area (Å²) in [4.78, 5) is 13.4. The summed E-state index contributed by atoms with van der Waals surface area (Å²) in [6.45, 7) is 2.07. The Balaban J connectivity index is 2.15. The summed E-state index contributed by atoms with van der Waals surface area (Å²) in [5, 5.41) is 6.53. The molecule has 9 heteroatoms. The maximum atomic E-state index is 13.0. The zero-order chi connectivity index (χ0) is 14.8. The van der Waals surface area contributed by atoms with Crippen LogP contribution in [0.2, 0.25) is 0 Å². The van der Waals surface area contributed by atoms with Gasteiger partial charge in [-0.1, -0.05) is 11.3 Å². The number of hydrogen-bond donors (Lipinski definition) is 0. The Morgan fingerprint density at radius 2 is 2.30 bits per heavy atom. The topological polar surface area (TPSA) is 55.3 Å². The molecule has 20 heavy (non-hydrogen) atoms. The Kier molecular flexibility index (Phi) is 4.46. The molecule has 1 aromatic rings. The second-order valence-electron chi connectivity index (χ2n) is 4.62. The number of hydrogen-bond acceptors (Lipinski definition) is 5. The number of alkyl halides is 3. The SMILES string of the molecule is CC1CCCCN1C(=O)C(Oc1nncs1)C(F)(F)F.